The van der Waals surface area contributed by atoms with Gasteiger partial charge in [-0.25, -0.2) is 9.50 Å². The molecule has 1 fully saturated rings. The number of benzene rings is 1. The molecule has 2 N–H and O–H groups in total. The van der Waals surface area contributed by atoms with Gasteiger partial charge in [0.25, 0.3) is 0 Å². The van der Waals surface area contributed by atoms with Crippen LogP contribution in [0.15, 0.2) is 60.2 Å². The molecule has 34 heavy (non-hydrogen) atoms. The Bertz CT molecular complexity index is 1360. The highest BCUT2D eigenvalue weighted by Crippen LogP contribution is 2.26. The van der Waals surface area contributed by atoms with Crippen molar-refractivity contribution >= 4 is 40.3 Å². The summed E-state index contributed by atoms with van der Waals surface area (Å²) in [5.41, 5.74) is 3.05. The van der Waals surface area contributed by atoms with Crippen molar-refractivity contribution < 1.29 is 14.4 Å². The maximum atomic E-state index is 12.8. The van der Waals surface area contributed by atoms with E-state index in [1.165, 1.54) is 17.5 Å². The third-order valence-corrected chi connectivity index (χ3v) is 6.85. The van der Waals surface area contributed by atoms with Crippen molar-refractivity contribution in [2.75, 3.05) is 11.9 Å². The van der Waals surface area contributed by atoms with Gasteiger partial charge in [0.05, 0.1) is 28.9 Å². The van der Waals surface area contributed by atoms with Crippen molar-refractivity contribution in [1.29, 1.82) is 0 Å². The summed E-state index contributed by atoms with van der Waals surface area (Å²) in [6, 6.07) is 12.8. The summed E-state index contributed by atoms with van der Waals surface area (Å²) in [4.78, 5) is 42.4. The average molecular weight is 474 g/mol. The predicted molar refractivity (Wildman–Crippen MR) is 130 cm³/mol. The first-order valence-corrected chi connectivity index (χ1v) is 12.1. The number of nitrogens with one attached hydrogen (secondary N) is 2. The van der Waals surface area contributed by atoms with E-state index >= 15 is 0 Å². The van der Waals surface area contributed by atoms with Gasteiger partial charge in [-0.2, -0.15) is 5.10 Å². The summed E-state index contributed by atoms with van der Waals surface area (Å²) in [5.74, 6) is -0.426. The number of nitrogens with zero attached hydrogens (tertiary/aromatic N) is 3. The van der Waals surface area contributed by atoms with Gasteiger partial charge in [0.15, 0.2) is 5.65 Å². The van der Waals surface area contributed by atoms with Crippen LogP contribution >= 0.6 is 11.3 Å². The monoisotopic (exact) mass is 473 g/mol. The van der Waals surface area contributed by atoms with Crippen molar-refractivity contribution in [3.8, 4) is 11.3 Å². The maximum absolute atomic E-state index is 12.8. The molecule has 0 aliphatic heterocycles. The van der Waals surface area contributed by atoms with Crippen LogP contribution in [0.2, 0.25) is 0 Å². The van der Waals surface area contributed by atoms with E-state index in [0.717, 1.165) is 36.9 Å². The molecule has 0 bridgehead atoms. The molecular formula is C25H23N5O3S. The van der Waals surface area contributed by atoms with E-state index in [4.69, 9.17) is 0 Å². The average Bonchev–Trinajstić information content (AvgIpc) is 3.63. The molecule has 4 aromatic rings. The van der Waals surface area contributed by atoms with Gasteiger partial charge in [-0.3, -0.25) is 14.4 Å². The summed E-state index contributed by atoms with van der Waals surface area (Å²) >= 11 is 1.38. The Kier molecular flexibility index (Phi) is 6.18. The fourth-order valence-corrected chi connectivity index (χ4v) is 4.95. The standard InChI is InChI=1S/C25H23N5O3S/c31-22(15-27-25(33)16-5-1-2-6-16)29-18-8-3-7-17(13-18)20-10-11-26-24-19(14-28-30(20)24)23(32)21-9-4-12-34-21/h3-4,7-14,16H,1-2,5-6,15H2,(H,27,33)(H,29,31). The predicted octanol–water partition coefficient (Wildman–Crippen LogP) is 3.93. The molecule has 1 aromatic carbocycles. The molecule has 0 radical (unpaired) electrons. The Morgan fingerprint density at radius 2 is 1.94 bits per heavy atom. The third kappa shape index (κ3) is 4.47. The molecule has 1 aliphatic carbocycles. The minimum atomic E-state index is -0.286. The van der Waals surface area contributed by atoms with E-state index in [1.807, 2.05) is 35.7 Å². The van der Waals surface area contributed by atoms with Crippen LogP contribution in [0.3, 0.4) is 0 Å². The lowest BCUT2D eigenvalue weighted by molar-refractivity contribution is -0.127. The Hall–Kier alpha value is -3.85. The van der Waals surface area contributed by atoms with E-state index in [2.05, 4.69) is 20.7 Å². The van der Waals surface area contributed by atoms with E-state index in [9.17, 15) is 14.4 Å². The van der Waals surface area contributed by atoms with Gasteiger partial charge < -0.3 is 10.6 Å². The number of anilines is 1. The van der Waals surface area contributed by atoms with E-state index in [1.54, 1.807) is 22.8 Å². The lowest BCUT2D eigenvalue weighted by Crippen LogP contribution is -2.36. The lowest BCUT2D eigenvalue weighted by Gasteiger charge is -2.11. The Labute approximate surface area is 200 Å². The van der Waals surface area contributed by atoms with Gasteiger partial charge in [-0.05, 0) is 42.5 Å². The van der Waals surface area contributed by atoms with Gasteiger partial charge in [0, 0.05) is 23.4 Å². The molecule has 0 unspecified atom stereocenters. The summed E-state index contributed by atoms with van der Waals surface area (Å²) in [5, 5.41) is 11.8. The zero-order valence-corrected chi connectivity index (χ0v) is 19.2. The summed E-state index contributed by atoms with van der Waals surface area (Å²) < 4.78 is 1.63. The second-order valence-corrected chi connectivity index (χ2v) is 9.21. The fraction of sp³-hybridized carbons (Fsp3) is 0.240. The second kappa shape index (κ2) is 9.56. The van der Waals surface area contributed by atoms with Crippen LogP contribution in [0.25, 0.3) is 16.9 Å². The number of thiophene rings is 1. The number of carbonyl (C=O) groups excluding carboxylic acids is 3. The number of aromatic nitrogens is 3. The largest absolute Gasteiger partial charge is 0.347 e. The number of hydrogen-bond donors (Lipinski definition) is 2. The highest BCUT2D eigenvalue weighted by atomic mass is 32.1. The zero-order chi connectivity index (χ0) is 23.5. The van der Waals surface area contributed by atoms with Crippen molar-refractivity contribution in [3.05, 3.63) is 70.7 Å². The Morgan fingerprint density at radius 3 is 2.74 bits per heavy atom. The van der Waals surface area contributed by atoms with Crippen LogP contribution < -0.4 is 10.6 Å². The van der Waals surface area contributed by atoms with Gasteiger partial charge in [-0.15, -0.1) is 11.3 Å². The zero-order valence-electron chi connectivity index (χ0n) is 18.4. The number of rotatable bonds is 7. The SMILES string of the molecule is O=C(CNC(=O)C1CCCC1)Nc1cccc(-c2ccnc3c(C(=O)c4cccs4)cnn23)c1. The van der Waals surface area contributed by atoms with Crippen LogP contribution in [-0.4, -0.2) is 38.7 Å². The third-order valence-electron chi connectivity index (χ3n) is 5.98. The molecular weight excluding hydrogens is 450 g/mol. The van der Waals surface area contributed by atoms with Crippen LogP contribution in [0, 0.1) is 5.92 Å². The Morgan fingerprint density at radius 1 is 1.09 bits per heavy atom. The molecule has 0 atom stereocenters. The van der Waals surface area contributed by atoms with Crippen molar-refractivity contribution in [3.63, 3.8) is 0 Å². The van der Waals surface area contributed by atoms with Crippen molar-refractivity contribution in [2.45, 2.75) is 25.7 Å². The molecule has 3 heterocycles. The van der Waals surface area contributed by atoms with E-state index in [0.29, 0.717) is 21.8 Å². The number of ketones is 1. The molecule has 3 aromatic heterocycles. The number of hydrogen-bond acceptors (Lipinski definition) is 6. The highest BCUT2D eigenvalue weighted by Gasteiger charge is 2.23. The van der Waals surface area contributed by atoms with Crippen LogP contribution in [0.5, 0.6) is 0 Å². The van der Waals surface area contributed by atoms with Crippen molar-refractivity contribution in [1.82, 2.24) is 19.9 Å². The normalized spacial score (nSPS) is 13.8. The minimum Gasteiger partial charge on any atom is -0.347 e. The first-order chi connectivity index (χ1) is 16.6. The van der Waals surface area contributed by atoms with Crippen LogP contribution in [-0.2, 0) is 9.59 Å². The molecule has 0 spiro atoms. The number of amides is 2. The van der Waals surface area contributed by atoms with Crippen molar-refractivity contribution in [2.24, 2.45) is 5.92 Å². The first-order valence-electron chi connectivity index (χ1n) is 11.2. The lowest BCUT2D eigenvalue weighted by atomic mass is 10.1. The molecule has 0 saturated heterocycles. The summed E-state index contributed by atoms with van der Waals surface area (Å²) in [6.07, 6.45) is 7.10. The molecule has 2 amide bonds. The van der Waals surface area contributed by atoms with Gasteiger partial charge in [-0.1, -0.05) is 31.0 Å². The number of fused-ring (bicyclic) bond motifs is 1. The molecule has 1 aliphatic rings. The maximum Gasteiger partial charge on any atom is 0.243 e. The first kappa shape index (κ1) is 22.0. The van der Waals surface area contributed by atoms with E-state index < -0.39 is 0 Å². The Balaban J connectivity index is 1.33. The van der Waals surface area contributed by atoms with Gasteiger partial charge in [0.1, 0.15) is 0 Å². The van der Waals surface area contributed by atoms with Crippen LogP contribution in [0.4, 0.5) is 5.69 Å². The number of carbonyl (C=O) groups is 3. The van der Waals surface area contributed by atoms with Crippen LogP contribution in [0.1, 0.15) is 40.9 Å². The molecule has 8 nitrogen and oxygen atoms in total. The summed E-state index contributed by atoms with van der Waals surface area (Å²) in [7, 11) is 0. The molecule has 1 saturated carbocycles. The minimum absolute atomic E-state index is 0.0240. The molecule has 5 rings (SSSR count). The highest BCUT2D eigenvalue weighted by molar-refractivity contribution is 7.12. The molecule has 172 valence electrons. The summed E-state index contributed by atoms with van der Waals surface area (Å²) in [6.45, 7) is -0.0631. The smallest absolute Gasteiger partial charge is 0.243 e. The molecule has 9 heteroatoms. The van der Waals surface area contributed by atoms with Gasteiger partial charge in [0.2, 0.25) is 17.6 Å². The van der Waals surface area contributed by atoms with Gasteiger partial charge >= 0.3 is 0 Å². The quantitative estimate of drug-likeness (QED) is 0.396. The topological polar surface area (TPSA) is 105 Å². The fourth-order valence-electron chi connectivity index (χ4n) is 4.27. The van der Waals surface area contributed by atoms with E-state index in [-0.39, 0.29) is 30.1 Å². The second-order valence-electron chi connectivity index (χ2n) is 8.26.